The smallest absolute Gasteiger partial charge is 0.169 e. The first-order valence-electron chi connectivity index (χ1n) is 4.40. The molecular formula is C9H16O2. The molecule has 2 rings (SSSR count). The highest BCUT2D eigenvalue weighted by molar-refractivity contribution is 5.04. The minimum atomic E-state index is -0.797. The normalized spacial score (nSPS) is 62.2. The Hall–Kier alpha value is -0.0800. The molecule has 11 heavy (non-hydrogen) atoms. The summed E-state index contributed by atoms with van der Waals surface area (Å²) >= 11 is 0. The van der Waals surface area contributed by atoms with Gasteiger partial charge in [0.2, 0.25) is 0 Å². The number of fused-ring (bicyclic) bond motifs is 2. The van der Waals surface area contributed by atoms with Crippen molar-refractivity contribution in [3.8, 4) is 0 Å². The van der Waals surface area contributed by atoms with Gasteiger partial charge >= 0.3 is 0 Å². The number of hydrogen-bond acceptors (Lipinski definition) is 2. The molecular weight excluding hydrogens is 140 g/mol. The molecule has 0 amide bonds. The molecule has 2 heteroatoms. The van der Waals surface area contributed by atoms with E-state index in [2.05, 4.69) is 20.8 Å². The summed E-state index contributed by atoms with van der Waals surface area (Å²) in [5.41, 5.74) is -0.0475. The Morgan fingerprint density at radius 3 is 2.18 bits per heavy atom. The van der Waals surface area contributed by atoms with Crippen LogP contribution in [-0.2, 0) is 4.74 Å². The number of aliphatic hydroxyl groups is 1. The van der Waals surface area contributed by atoms with E-state index in [0.29, 0.717) is 11.8 Å². The third-order valence-corrected chi connectivity index (χ3v) is 3.81. The summed E-state index contributed by atoms with van der Waals surface area (Å²) in [5, 5.41) is 9.92. The summed E-state index contributed by atoms with van der Waals surface area (Å²) in [6, 6.07) is 0. The number of ether oxygens (including phenoxy) is 1. The van der Waals surface area contributed by atoms with Gasteiger partial charge in [-0.2, -0.15) is 0 Å². The zero-order valence-corrected chi connectivity index (χ0v) is 7.42. The lowest BCUT2D eigenvalue weighted by Gasteiger charge is -2.30. The van der Waals surface area contributed by atoms with Crippen molar-refractivity contribution in [2.24, 2.45) is 11.8 Å². The molecule has 0 aromatic rings. The molecule has 2 heterocycles. The predicted octanol–water partition coefficient (Wildman–Crippen LogP) is 1.53. The molecule has 1 N–H and O–H groups in total. The molecule has 4 atom stereocenters. The van der Waals surface area contributed by atoms with Crippen molar-refractivity contribution in [3.05, 3.63) is 0 Å². The van der Waals surface area contributed by atoms with Gasteiger partial charge in [-0.15, -0.1) is 0 Å². The fourth-order valence-corrected chi connectivity index (χ4v) is 2.49. The fraction of sp³-hybridized carbons (Fsp3) is 1.00. The minimum Gasteiger partial charge on any atom is -0.365 e. The van der Waals surface area contributed by atoms with Crippen molar-refractivity contribution < 1.29 is 9.84 Å². The minimum absolute atomic E-state index is 0.0475. The van der Waals surface area contributed by atoms with Crippen molar-refractivity contribution in [1.29, 1.82) is 0 Å². The molecule has 2 fully saturated rings. The first-order chi connectivity index (χ1) is 4.98. The van der Waals surface area contributed by atoms with E-state index in [4.69, 9.17) is 4.74 Å². The van der Waals surface area contributed by atoms with Crippen LogP contribution < -0.4 is 0 Å². The average Bonchev–Trinajstić information content (AvgIpc) is 2.32. The van der Waals surface area contributed by atoms with Gasteiger partial charge in [-0.1, -0.05) is 13.8 Å². The van der Waals surface area contributed by atoms with Gasteiger partial charge < -0.3 is 9.84 Å². The lowest BCUT2D eigenvalue weighted by atomic mass is 9.73. The Morgan fingerprint density at radius 1 is 1.27 bits per heavy atom. The van der Waals surface area contributed by atoms with E-state index in [1.807, 2.05) is 0 Å². The van der Waals surface area contributed by atoms with Crippen molar-refractivity contribution in [2.75, 3.05) is 0 Å². The fourth-order valence-electron chi connectivity index (χ4n) is 2.49. The Labute approximate surface area is 67.6 Å². The van der Waals surface area contributed by atoms with Gasteiger partial charge in [-0.3, -0.25) is 0 Å². The second-order valence-electron chi connectivity index (χ2n) is 4.34. The Bertz CT molecular complexity index is 172. The summed E-state index contributed by atoms with van der Waals surface area (Å²) in [6.45, 7) is 6.36. The molecule has 0 aliphatic carbocycles. The van der Waals surface area contributed by atoms with Crippen LogP contribution in [0.4, 0.5) is 0 Å². The molecule has 2 nitrogen and oxygen atoms in total. The highest BCUT2D eigenvalue weighted by atomic mass is 16.7. The van der Waals surface area contributed by atoms with Crippen molar-refractivity contribution in [3.63, 3.8) is 0 Å². The topological polar surface area (TPSA) is 29.5 Å². The number of hydrogen-bond donors (Lipinski definition) is 1. The molecule has 2 bridgehead atoms. The molecule has 0 radical (unpaired) electrons. The van der Waals surface area contributed by atoms with Gasteiger partial charge in [0.05, 0.1) is 5.60 Å². The Balaban J connectivity index is 2.34. The summed E-state index contributed by atoms with van der Waals surface area (Å²) in [5.74, 6) is -0.0174. The van der Waals surface area contributed by atoms with E-state index >= 15 is 0 Å². The standard InChI is InChI=1S/C9H16O2/c1-6-7(2)9(10)5-4-8(6,3)11-9/h6-7,10H,4-5H2,1-3H3/t6-,7+,8+,9-/m1/s1. The quantitative estimate of drug-likeness (QED) is 0.576. The van der Waals surface area contributed by atoms with E-state index in [-0.39, 0.29) is 5.60 Å². The van der Waals surface area contributed by atoms with Gasteiger partial charge in [-0.25, -0.2) is 0 Å². The average molecular weight is 156 g/mol. The van der Waals surface area contributed by atoms with Gasteiger partial charge in [-0.05, 0) is 19.3 Å². The molecule has 0 saturated carbocycles. The van der Waals surface area contributed by atoms with Gasteiger partial charge in [0.1, 0.15) is 0 Å². The molecule has 0 spiro atoms. The zero-order valence-electron chi connectivity index (χ0n) is 7.42. The maximum atomic E-state index is 9.92. The highest BCUT2D eigenvalue weighted by Gasteiger charge is 2.61. The van der Waals surface area contributed by atoms with Gasteiger partial charge in [0.15, 0.2) is 5.79 Å². The van der Waals surface area contributed by atoms with E-state index in [1.165, 1.54) is 0 Å². The summed E-state index contributed by atoms with van der Waals surface area (Å²) in [4.78, 5) is 0. The maximum absolute atomic E-state index is 9.92. The summed E-state index contributed by atoms with van der Waals surface area (Å²) < 4.78 is 5.63. The molecule has 0 aromatic carbocycles. The lowest BCUT2D eigenvalue weighted by Crippen LogP contribution is -2.36. The molecule has 2 aliphatic rings. The van der Waals surface area contributed by atoms with Crippen molar-refractivity contribution in [2.45, 2.75) is 45.0 Å². The first-order valence-corrected chi connectivity index (χ1v) is 4.40. The van der Waals surface area contributed by atoms with Crippen LogP contribution in [0.1, 0.15) is 33.6 Å². The third-order valence-electron chi connectivity index (χ3n) is 3.81. The van der Waals surface area contributed by atoms with Crippen LogP contribution >= 0.6 is 0 Å². The van der Waals surface area contributed by atoms with Crippen molar-refractivity contribution in [1.82, 2.24) is 0 Å². The van der Waals surface area contributed by atoms with E-state index in [9.17, 15) is 5.11 Å². The largest absolute Gasteiger partial charge is 0.365 e. The zero-order chi connectivity index (χ0) is 8.28. The second kappa shape index (κ2) is 1.80. The number of rotatable bonds is 0. The SMILES string of the molecule is C[C@@H]1[C@H](C)[C@@]2(O)CC[C@]1(C)O2. The maximum Gasteiger partial charge on any atom is 0.169 e. The van der Waals surface area contributed by atoms with Crippen LogP contribution in [0.25, 0.3) is 0 Å². The molecule has 0 aromatic heterocycles. The van der Waals surface area contributed by atoms with Crippen LogP contribution in [0.5, 0.6) is 0 Å². The van der Waals surface area contributed by atoms with Gasteiger partial charge in [0, 0.05) is 12.3 Å². The Kier molecular flexibility index (Phi) is 1.24. The van der Waals surface area contributed by atoms with Gasteiger partial charge in [0.25, 0.3) is 0 Å². The molecule has 2 saturated heterocycles. The van der Waals surface area contributed by atoms with Crippen LogP contribution in [0, 0.1) is 11.8 Å². The molecule has 64 valence electrons. The van der Waals surface area contributed by atoms with E-state index in [1.54, 1.807) is 0 Å². The lowest BCUT2D eigenvalue weighted by molar-refractivity contribution is -0.193. The van der Waals surface area contributed by atoms with Crippen molar-refractivity contribution >= 4 is 0 Å². The first kappa shape index (κ1) is 7.56. The second-order valence-corrected chi connectivity index (χ2v) is 4.34. The summed E-state index contributed by atoms with van der Waals surface area (Å²) in [6.07, 6.45) is 1.82. The van der Waals surface area contributed by atoms with E-state index in [0.717, 1.165) is 12.8 Å². The van der Waals surface area contributed by atoms with Crippen LogP contribution in [0.2, 0.25) is 0 Å². The van der Waals surface area contributed by atoms with Crippen LogP contribution in [0.15, 0.2) is 0 Å². The predicted molar refractivity (Wildman–Crippen MR) is 42.0 cm³/mol. The van der Waals surface area contributed by atoms with Crippen LogP contribution in [-0.4, -0.2) is 16.5 Å². The summed E-state index contributed by atoms with van der Waals surface area (Å²) in [7, 11) is 0. The molecule has 0 unspecified atom stereocenters. The monoisotopic (exact) mass is 156 g/mol. The Morgan fingerprint density at radius 2 is 1.91 bits per heavy atom. The molecule has 2 aliphatic heterocycles. The highest BCUT2D eigenvalue weighted by Crippen LogP contribution is 2.55. The van der Waals surface area contributed by atoms with Crippen LogP contribution in [0.3, 0.4) is 0 Å². The third kappa shape index (κ3) is 0.744. The van der Waals surface area contributed by atoms with E-state index < -0.39 is 5.79 Å².